The molecule has 3 aromatic carbocycles. The lowest BCUT2D eigenvalue weighted by Crippen LogP contribution is -2.31. The molecule has 0 radical (unpaired) electrons. The van der Waals surface area contributed by atoms with Gasteiger partial charge in [-0.1, -0.05) is 72.3 Å². The molecule has 1 N–H and O–H groups in total. The van der Waals surface area contributed by atoms with E-state index in [9.17, 15) is 14.7 Å². The van der Waals surface area contributed by atoms with Gasteiger partial charge in [0, 0.05) is 12.1 Å². The highest BCUT2D eigenvalue weighted by Crippen LogP contribution is 2.41. The Morgan fingerprint density at radius 1 is 0.903 bits per heavy atom. The highest BCUT2D eigenvalue weighted by molar-refractivity contribution is 6.16. The number of aryl methyl sites for hydroxylation is 3. The summed E-state index contributed by atoms with van der Waals surface area (Å²) in [6, 6.07) is 24.4. The largest absolute Gasteiger partial charge is 0.503 e. The first kappa shape index (κ1) is 20.6. The van der Waals surface area contributed by atoms with Crippen LogP contribution in [0, 0.1) is 13.8 Å². The average molecular weight is 412 g/mol. The van der Waals surface area contributed by atoms with Gasteiger partial charge in [-0.25, -0.2) is 0 Å². The number of Topliss-reactive ketones (excluding diaryl/α,β-unsaturated/α-hetero) is 1. The molecule has 1 aliphatic heterocycles. The Balaban J connectivity index is 1.74. The molecule has 0 saturated heterocycles. The summed E-state index contributed by atoms with van der Waals surface area (Å²) >= 11 is 0. The van der Waals surface area contributed by atoms with Crippen molar-refractivity contribution in [3.63, 3.8) is 0 Å². The van der Waals surface area contributed by atoms with Crippen LogP contribution in [0.1, 0.15) is 34.7 Å². The third kappa shape index (κ3) is 4.15. The van der Waals surface area contributed by atoms with Crippen molar-refractivity contribution in [3.8, 4) is 0 Å². The summed E-state index contributed by atoms with van der Waals surface area (Å²) < 4.78 is 0. The van der Waals surface area contributed by atoms with E-state index in [4.69, 9.17) is 0 Å². The average Bonchev–Trinajstić information content (AvgIpc) is 3.03. The van der Waals surface area contributed by atoms with Gasteiger partial charge in [0.15, 0.2) is 11.5 Å². The number of benzene rings is 3. The molecule has 4 heteroatoms. The summed E-state index contributed by atoms with van der Waals surface area (Å²) in [4.78, 5) is 28.0. The van der Waals surface area contributed by atoms with Crippen LogP contribution in [0.5, 0.6) is 0 Å². The second kappa shape index (κ2) is 8.60. The first-order valence-corrected chi connectivity index (χ1v) is 10.4. The Kier molecular flexibility index (Phi) is 5.72. The van der Waals surface area contributed by atoms with Gasteiger partial charge >= 0.3 is 0 Å². The molecule has 156 valence electrons. The monoisotopic (exact) mass is 411 g/mol. The van der Waals surface area contributed by atoms with Crippen LogP contribution in [0.2, 0.25) is 0 Å². The van der Waals surface area contributed by atoms with Gasteiger partial charge in [0.25, 0.3) is 5.91 Å². The summed E-state index contributed by atoms with van der Waals surface area (Å²) in [6.07, 6.45) is 0.774. The number of carbonyl (C=O) groups excluding carboxylic acids is 2. The molecular formula is C27H25NO3. The summed E-state index contributed by atoms with van der Waals surface area (Å²) in [5.74, 6) is -1.21. The van der Waals surface area contributed by atoms with Crippen molar-refractivity contribution in [2.45, 2.75) is 32.7 Å². The molecule has 0 saturated carbocycles. The van der Waals surface area contributed by atoms with Gasteiger partial charge in [-0.05, 0) is 49.1 Å². The maximum Gasteiger partial charge on any atom is 0.294 e. The van der Waals surface area contributed by atoms with E-state index in [0.29, 0.717) is 12.1 Å². The number of hydrogen-bond donors (Lipinski definition) is 1. The molecule has 3 aromatic rings. The summed E-state index contributed by atoms with van der Waals surface area (Å²) in [6.45, 7) is 3.92. The minimum atomic E-state index is -0.655. The lowest BCUT2D eigenvalue weighted by atomic mass is 9.92. The van der Waals surface area contributed by atoms with Gasteiger partial charge in [0.1, 0.15) is 0 Å². The Bertz CT molecular complexity index is 1160. The Morgan fingerprint density at radius 3 is 2.26 bits per heavy atom. The molecular weight excluding hydrogens is 386 g/mol. The number of nitrogens with zero attached hydrogens (tertiary/aromatic N) is 1. The number of ketones is 1. The number of hydrogen-bond acceptors (Lipinski definition) is 3. The predicted molar refractivity (Wildman–Crippen MR) is 122 cm³/mol. The van der Waals surface area contributed by atoms with Crippen LogP contribution in [0.3, 0.4) is 0 Å². The maximum atomic E-state index is 13.3. The minimum Gasteiger partial charge on any atom is -0.503 e. The second-order valence-corrected chi connectivity index (χ2v) is 8.00. The zero-order valence-electron chi connectivity index (χ0n) is 17.7. The molecule has 1 heterocycles. The number of carbonyl (C=O) groups is 2. The van der Waals surface area contributed by atoms with Crippen molar-refractivity contribution in [3.05, 3.63) is 112 Å². The van der Waals surface area contributed by atoms with Gasteiger partial charge in [0.2, 0.25) is 0 Å². The van der Waals surface area contributed by atoms with E-state index in [1.54, 1.807) is 0 Å². The van der Waals surface area contributed by atoms with Gasteiger partial charge in [-0.3, -0.25) is 14.5 Å². The number of aliphatic hydroxyl groups is 1. The van der Waals surface area contributed by atoms with Crippen LogP contribution < -0.4 is 4.90 Å². The van der Waals surface area contributed by atoms with Gasteiger partial charge in [-0.15, -0.1) is 0 Å². The SMILES string of the molecule is Cc1cccc(C2C(C(=O)CCc3ccccc3)=C(O)C(=O)N2c2cccc(C)c2)c1. The smallest absolute Gasteiger partial charge is 0.294 e. The highest BCUT2D eigenvalue weighted by atomic mass is 16.3. The zero-order valence-corrected chi connectivity index (χ0v) is 17.7. The van der Waals surface area contributed by atoms with E-state index in [2.05, 4.69) is 0 Å². The molecule has 31 heavy (non-hydrogen) atoms. The Hall–Kier alpha value is -3.66. The number of rotatable bonds is 6. The standard InChI is InChI=1S/C27H25NO3/c1-18-8-6-12-21(16-18)25-24(23(29)15-14-20-10-4-3-5-11-20)26(30)27(31)28(25)22-13-7-9-19(2)17-22/h3-13,16-17,25,30H,14-15H2,1-2H3. The van der Waals surface area contributed by atoms with Gasteiger partial charge in [0.05, 0.1) is 11.6 Å². The fourth-order valence-electron chi connectivity index (χ4n) is 4.13. The van der Waals surface area contributed by atoms with Crippen molar-refractivity contribution in [2.24, 2.45) is 0 Å². The fraction of sp³-hybridized carbons (Fsp3) is 0.185. The number of anilines is 1. The first-order chi connectivity index (χ1) is 15.0. The molecule has 0 bridgehead atoms. The van der Waals surface area contributed by atoms with E-state index in [1.807, 2.05) is 92.7 Å². The van der Waals surface area contributed by atoms with Crippen LogP contribution in [-0.2, 0) is 16.0 Å². The third-order valence-electron chi connectivity index (χ3n) is 5.63. The van der Waals surface area contributed by atoms with Crippen molar-refractivity contribution in [2.75, 3.05) is 4.90 Å². The first-order valence-electron chi connectivity index (χ1n) is 10.4. The van der Waals surface area contributed by atoms with Crippen LogP contribution in [0.15, 0.2) is 90.2 Å². The molecule has 4 nitrogen and oxygen atoms in total. The zero-order chi connectivity index (χ0) is 22.0. The van der Waals surface area contributed by atoms with Crippen LogP contribution in [-0.4, -0.2) is 16.8 Å². The maximum absolute atomic E-state index is 13.3. The van der Waals surface area contributed by atoms with Crippen molar-refractivity contribution >= 4 is 17.4 Å². The Labute approximate surface area is 182 Å². The predicted octanol–water partition coefficient (Wildman–Crippen LogP) is 5.41. The molecule has 0 fully saturated rings. The van der Waals surface area contributed by atoms with Gasteiger partial charge in [-0.2, -0.15) is 0 Å². The lowest BCUT2D eigenvalue weighted by molar-refractivity contribution is -0.118. The van der Waals surface area contributed by atoms with Crippen molar-refractivity contribution in [1.82, 2.24) is 0 Å². The second-order valence-electron chi connectivity index (χ2n) is 8.00. The van der Waals surface area contributed by atoms with Crippen LogP contribution in [0.4, 0.5) is 5.69 Å². The highest BCUT2D eigenvalue weighted by Gasteiger charge is 2.44. The molecule has 1 unspecified atom stereocenters. The number of amides is 1. The molecule has 0 spiro atoms. The summed E-state index contributed by atoms with van der Waals surface area (Å²) in [5.41, 5.74) is 4.71. The number of aliphatic hydroxyl groups excluding tert-OH is 1. The molecule has 1 aliphatic rings. The third-order valence-corrected chi connectivity index (χ3v) is 5.63. The molecule has 1 atom stereocenters. The quantitative estimate of drug-likeness (QED) is 0.590. The van der Waals surface area contributed by atoms with E-state index in [-0.39, 0.29) is 17.8 Å². The van der Waals surface area contributed by atoms with E-state index in [1.165, 1.54) is 4.90 Å². The molecule has 0 aliphatic carbocycles. The summed E-state index contributed by atoms with van der Waals surface area (Å²) in [7, 11) is 0. The normalized spacial score (nSPS) is 16.1. The lowest BCUT2D eigenvalue weighted by Gasteiger charge is -2.27. The Morgan fingerprint density at radius 2 is 1.58 bits per heavy atom. The van der Waals surface area contributed by atoms with E-state index in [0.717, 1.165) is 22.3 Å². The molecule has 0 aromatic heterocycles. The summed E-state index contributed by atoms with van der Waals surface area (Å²) in [5, 5.41) is 10.8. The fourth-order valence-corrected chi connectivity index (χ4v) is 4.13. The van der Waals surface area contributed by atoms with Gasteiger partial charge < -0.3 is 5.11 Å². The van der Waals surface area contributed by atoms with E-state index >= 15 is 0 Å². The molecule has 4 rings (SSSR count). The van der Waals surface area contributed by atoms with Crippen molar-refractivity contribution < 1.29 is 14.7 Å². The van der Waals surface area contributed by atoms with Crippen LogP contribution >= 0.6 is 0 Å². The van der Waals surface area contributed by atoms with Crippen molar-refractivity contribution in [1.29, 1.82) is 0 Å². The minimum absolute atomic E-state index is 0.174. The van der Waals surface area contributed by atoms with Crippen LogP contribution in [0.25, 0.3) is 0 Å². The molecule has 1 amide bonds. The van der Waals surface area contributed by atoms with E-state index < -0.39 is 17.7 Å². The topological polar surface area (TPSA) is 57.6 Å².